The Balaban J connectivity index is 1.37. The van der Waals surface area contributed by atoms with Crippen LogP contribution in [0.5, 0.6) is 0 Å². The van der Waals surface area contributed by atoms with Crippen LogP contribution in [0.2, 0.25) is 0 Å². The van der Waals surface area contributed by atoms with Gasteiger partial charge in [-0.1, -0.05) is 6.42 Å². The topological polar surface area (TPSA) is 46.4 Å². The third kappa shape index (κ3) is 3.65. The Bertz CT molecular complexity index is 536. The molecule has 2 aliphatic heterocycles. The van der Waals surface area contributed by atoms with E-state index in [9.17, 15) is 0 Å². The summed E-state index contributed by atoms with van der Waals surface area (Å²) in [6.07, 6.45) is 6.87. The quantitative estimate of drug-likeness (QED) is 0.819. The molecule has 0 radical (unpaired) electrons. The molecular weight excluding hydrogens is 302 g/mol. The summed E-state index contributed by atoms with van der Waals surface area (Å²) in [6, 6.07) is 0. The van der Waals surface area contributed by atoms with E-state index in [1.807, 2.05) is 0 Å². The molecule has 2 saturated heterocycles. The van der Waals surface area contributed by atoms with E-state index in [0.717, 1.165) is 44.6 Å². The number of piperidine rings is 1. The molecule has 1 atom stereocenters. The van der Waals surface area contributed by atoms with E-state index in [-0.39, 0.29) is 0 Å². The van der Waals surface area contributed by atoms with E-state index in [4.69, 9.17) is 4.74 Å². The van der Waals surface area contributed by atoms with Crippen LogP contribution in [-0.4, -0.2) is 70.5 Å². The summed E-state index contributed by atoms with van der Waals surface area (Å²) in [4.78, 5) is 5.09. The predicted octanol–water partition coefficient (Wildman–Crippen LogP) is 1.63. The zero-order chi connectivity index (χ0) is 16.4. The van der Waals surface area contributed by atoms with E-state index >= 15 is 0 Å². The maximum atomic E-state index is 5.44. The molecule has 0 N–H and O–H groups in total. The summed E-state index contributed by atoms with van der Waals surface area (Å²) < 4.78 is 7.69. The molecule has 0 bridgehead atoms. The van der Waals surface area contributed by atoms with Crippen molar-refractivity contribution in [3.05, 3.63) is 11.6 Å². The largest absolute Gasteiger partial charge is 0.379 e. The second-order valence-corrected chi connectivity index (χ2v) is 7.82. The Morgan fingerprint density at radius 1 is 1.00 bits per heavy atom. The van der Waals surface area contributed by atoms with Crippen molar-refractivity contribution >= 4 is 0 Å². The smallest absolute Gasteiger partial charge is 0.146 e. The predicted molar refractivity (Wildman–Crippen MR) is 92.9 cm³/mol. The van der Waals surface area contributed by atoms with Crippen molar-refractivity contribution in [1.82, 2.24) is 24.6 Å². The minimum Gasteiger partial charge on any atom is -0.379 e. The second-order valence-electron chi connectivity index (χ2n) is 7.82. The van der Waals surface area contributed by atoms with Gasteiger partial charge >= 0.3 is 0 Å². The van der Waals surface area contributed by atoms with E-state index < -0.39 is 0 Å². The lowest BCUT2D eigenvalue weighted by Crippen LogP contribution is -2.40. The lowest BCUT2D eigenvalue weighted by molar-refractivity contribution is 0.0326. The van der Waals surface area contributed by atoms with Crippen LogP contribution in [0.25, 0.3) is 0 Å². The first-order valence-electron chi connectivity index (χ1n) is 9.70. The molecular formula is C18H31N5O. The first-order valence-corrected chi connectivity index (χ1v) is 9.70. The van der Waals surface area contributed by atoms with Crippen molar-refractivity contribution in [3.8, 4) is 0 Å². The summed E-state index contributed by atoms with van der Waals surface area (Å²) in [5, 5.41) is 9.09. The molecule has 1 aliphatic carbocycles. The molecule has 0 amide bonds. The van der Waals surface area contributed by atoms with Crippen LogP contribution in [0.3, 0.4) is 0 Å². The Morgan fingerprint density at radius 3 is 2.58 bits per heavy atom. The summed E-state index contributed by atoms with van der Waals surface area (Å²) >= 11 is 0. The number of ether oxygens (including phenoxy) is 1. The number of aromatic nitrogens is 3. The standard InChI is InChI=1S/C18H31N5O/c1-21-17(14-22-8-10-24-11-9-22)19-20-18(21)16-6-3-7-23(13-16)12-15-4-2-5-15/h15-16H,2-14H2,1H3/t16-/m0/s1. The van der Waals surface area contributed by atoms with Gasteiger partial charge < -0.3 is 14.2 Å². The van der Waals surface area contributed by atoms with Gasteiger partial charge in [-0.3, -0.25) is 4.90 Å². The second kappa shape index (κ2) is 7.50. The van der Waals surface area contributed by atoms with Crippen LogP contribution in [0.1, 0.15) is 49.7 Å². The maximum Gasteiger partial charge on any atom is 0.146 e. The van der Waals surface area contributed by atoms with Crippen LogP contribution in [0.15, 0.2) is 0 Å². The fourth-order valence-electron chi connectivity index (χ4n) is 4.30. The average Bonchev–Trinajstić information content (AvgIpc) is 2.93. The van der Waals surface area contributed by atoms with Gasteiger partial charge in [0, 0.05) is 39.1 Å². The van der Waals surface area contributed by atoms with Gasteiger partial charge in [-0.05, 0) is 38.1 Å². The van der Waals surface area contributed by atoms with Gasteiger partial charge in [0.05, 0.1) is 19.8 Å². The molecule has 0 unspecified atom stereocenters. The van der Waals surface area contributed by atoms with Gasteiger partial charge in [-0.15, -0.1) is 10.2 Å². The number of morpholine rings is 1. The zero-order valence-electron chi connectivity index (χ0n) is 15.0. The van der Waals surface area contributed by atoms with Gasteiger partial charge in [-0.2, -0.15) is 0 Å². The maximum absolute atomic E-state index is 5.44. The molecule has 3 aliphatic rings. The number of nitrogens with zero attached hydrogens (tertiary/aromatic N) is 5. The average molecular weight is 333 g/mol. The molecule has 6 nitrogen and oxygen atoms in total. The van der Waals surface area contributed by atoms with Crippen LogP contribution < -0.4 is 0 Å². The molecule has 3 fully saturated rings. The zero-order valence-corrected chi connectivity index (χ0v) is 15.0. The van der Waals surface area contributed by atoms with Crippen molar-refractivity contribution in [3.63, 3.8) is 0 Å². The Hall–Kier alpha value is -0.980. The first kappa shape index (κ1) is 16.5. The summed E-state index contributed by atoms with van der Waals surface area (Å²) in [5.41, 5.74) is 0. The fraction of sp³-hybridized carbons (Fsp3) is 0.889. The number of hydrogen-bond acceptors (Lipinski definition) is 5. The molecule has 6 heteroatoms. The van der Waals surface area contributed by atoms with E-state index in [1.165, 1.54) is 57.6 Å². The first-order chi connectivity index (χ1) is 11.8. The SMILES string of the molecule is Cn1c(CN2CCOCC2)nnc1[C@H]1CCCN(CC2CCC2)C1. The van der Waals surface area contributed by atoms with Crippen LogP contribution >= 0.6 is 0 Å². The normalized spacial score (nSPS) is 27.3. The highest BCUT2D eigenvalue weighted by Gasteiger charge is 2.29. The van der Waals surface area contributed by atoms with Gasteiger partial charge in [0.1, 0.15) is 11.6 Å². The summed E-state index contributed by atoms with van der Waals surface area (Å²) in [5.74, 6) is 3.80. The molecule has 0 aromatic carbocycles. The molecule has 4 rings (SSSR count). The van der Waals surface area contributed by atoms with Crippen molar-refractivity contribution < 1.29 is 4.74 Å². The van der Waals surface area contributed by atoms with Crippen molar-refractivity contribution in [1.29, 1.82) is 0 Å². The minimum absolute atomic E-state index is 0.551. The molecule has 0 spiro atoms. The summed E-state index contributed by atoms with van der Waals surface area (Å²) in [6.45, 7) is 8.31. The van der Waals surface area contributed by atoms with Crippen LogP contribution in [-0.2, 0) is 18.3 Å². The van der Waals surface area contributed by atoms with Crippen LogP contribution in [0.4, 0.5) is 0 Å². The number of rotatable bonds is 5. The summed E-state index contributed by atoms with van der Waals surface area (Å²) in [7, 11) is 2.15. The van der Waals surface area contributed by atoms with E-state index in [0.29, 0.717) is 5.92 Å². The highest BCUT2D eigenvalue weighted by Crippen LogP contribution is 2.31. The molecule has 1 aromatic heterocycles. The Kier molecular flexibility index (Phi) is 5.15. The van der Waals surface area contributed by atoms with Gasteiger partial charge in [0.2, 0.25) is 0 Å². The third-order valence-corrected chi connectivity index (χ3v) is 6.08. The molecule has 1 saturated carbocycles. The molecule has 134 valence electrons. The number of hydrogen-bond donors (Lipinski definition) is 0. The van der Waals surface area contributed by atoms with Gasteiger partial charge in [-0.25, -0.2) is 0 Å². The highest BCUT2D eigenvalue weighted by atomic mass is 16.5. The third-order valence-electron chi connectivity index (χ3n) is 6.08. The van der Waals surface area contributed by atoms with Gasteiger partial charge in [0.15, 0.2) is 0 Å². The van der Waals surface area contributed by atoms with Crippen molar-refractivity contribution in [2.45, 2.75) is 44.6 Å². The van der Waals surface area contributed by atoms with Crippen molar-refractivity contribution in [2.75, 3.05) is 45.9 Å². The fourth-order valence-corrected chi connectivity index (χ4v) is 4.30. The monoisotopic (exact) mass is 333 g/mol. The van der Waals surface area contributed by atoms with E-state index in [1.54, 1.807) is 0 Å². The number of likely N-dealkylation sites (tertiary alicyclic amines) is 1. The van der Waals surface area contributed by atoms with Crippen LogP contribution in [0, 0.1) is 5.92 Å². The van der Waals surface area contributed by atoms with E-state index in [2.05, 4.69) is 31.6 Å². The Labute approximate surface area is 145 Å². The van der Waals surface area contributed by atoms with Crippen molar-refractivity contribution in [2.24, 2.45) is 13.0 Å². The molecule has 3 heterocycles. The highest BCUT2D eigenvalue weighted by molar-refractivity contribution is 5.04. The van der Waals surface area contributed by atoms with Gasteiger partial charge in [0.25, 0.3) is 0 Å². The molecule has 24 heavy (non-hydrogen) atoms. The lowest BCUT2D eigenvalue weighted by atomic mass is 9.84. The lowest BCUT2D eigenvalue weighted by Gasteiger charge is -2.37. The Morgan fingerprint density at radius 2 is 1.83 bits per heavy atom. The minimum atomic E-state index is 0.551. The molecule has 1 aromatic rings.